The molecule has 0 heterocycles. The summed E-state index contributed by atoms with van der Waals surface area (Å²) in [5, 5.41) is 9.25. The standard InChI is InChI=1S/C16H16O2/c1-12(11-17)14-9-5-6-10-15(14)16(18)13-7-3-2-4-8-13/h2-10,12,17H,11H2,1H3. The van der Waals surface area contributed by atoms with E-state index >= 15 is 0 Å². The Morgan fingerprint density at radius 1 is 1.06 bits per heavy atom. The van der Waals surface area contributed by atoms with Crippen molar-refractivity contribution in [2.75, 3.05) is 6.61 Å². The average molecular weight is 240 g/mol. The molecule has 2 rings (SSSR count). The first kappa shape index (κ1) is 12.5. The molecule has 2 aromatic rings. The van der Waals surface area contributed by atoms with E-state index in [1.165, 1.54) is 0 Å². The normalized spacial score (nSPS) is 12.1. The maximum atomic E-state index is 12.4. The Morgan fingerprint density at radius 3 is 2.33 bits per heavy atom. The predicted molar refractivity (Wildman–Crippen MR) is 71.8 cm³/mol. The Labute approximate surface area is 107 Å². The highest BCUT2D eigenvalue weighted by atomic mass is 16.3. The first-order valence-corrected chi connectivity index (χ1v) is 6.03. The van der Waals surface area contributed by atoms with E-state index in [1.54, 1.807) is 0 Å². The van der Waals surface area contributed by atoms with Crippen LogP contribution in [0.3, 0.4) is 0 Å². The zero-order valence-electron chi connectivity index (χ0n) is 10.3. The van der Waals surface area contributed by atoms with Crippen molar-refractivity contribution in [3.05, 3.63) is 71.3 Å². The molecular formula is C16H16O2. The second-order valence-electron chi connectivity index (χ2n) is 4.37. The number of benzene rings is 2. The fourth-order valence-corrected chi connectivity index (χ4v) is 1.98. The Bertz CT molecular complexity index is 532. The second-order valence-corrected chi connectivity index (χ2v) is 4.37. The summed E-state index contributed by atoms with van der Waals surface area (Å²) in [6.45, 7) is 1.95. The molecule has 0 saturated carbocycles. The molecule has 1 unspecified atom stereocenters. The Balaban J connectivity index is 2.43. The van der Waals surface area contributed by atoms with E-state index in [-0.39, 0.29) is 18.3 Å². The van der Waals surface area contributed by atoms with Gasteiger partial charge in [0, 0.05) is 23.7 Å². The zero-order chi connectivity index (χ0) is 13.0. The number of hydrogen-bond acceptors (Lipinski definition) is 2. The molecule has 1 atom stereocenters. The van der Waals surface area contributed by atoms with Crippen LogP contribution in [0.2, 0.25) is 0 Å². The molecule has 0 radical (unpaired) electrons. The molecule has 0 aromatic heterocycles. The molecule has 0 aliphatic carbocycles. The zero-order valence-corrected chi connectivity index (χ0v) is 10.3. The fourth-order valence-electron chi connectivity index (χ4n) is 1.98. The highest BCUT2D eigenvalue weighted by Crippen LogP contribution is 2.22. The topological polar surface area (TPSA) is 37.3 Å². The Morgan fingerprint density at radius 2 is 1.67 bits per heavy atom. The van der Waals surface area contributed by atoms with Gasteiger partial charge in [-0.05, 0) is 5.56 Å². The maximum Gasteiger partial charge on any atom is 0.193 e. The minimum atomic E-state index is -0.0335. The lowest BCUT2D eigenvalue weighted by atomic mass is 9.91. The number of carbonyl (C=O) groups excluding carboxylic acids is 1. The Kier molecular flexibility index (Phi) is 3.90. The molecule has 0 spiro atoms. The molecule has 18 heavy (non-hydrogen) atoms. The third kappa shape index (κ3) is 2.49. The lowest BCUT2D eigenvalue weighted by Gasteiger charge is -2.13. The summed E-state index contributed by atoms with van der Waals surface area (Å²) in [5.41, 5.74) is 2.24. The third-order valence-corrected chi connectivity index (χ3v) is 3.05. The van der Waals surface area contributed by atoms with Crippen molar-refractivity contribution in [2.24, 2.45) is 0 Å². The molecule has 2 aromatic carbocycles. The number of carbonyl (C=O) groups is 1. The van der Waals surface area contributed by atoms with Crippen molar-refractivity contribution >= 4 is 5.78 Å². The lowest BCUT2D eigenvalue weighted by Crippen LogP contribution is -2.09. The third-order valence-electron chi connectivity index (χ3n) is 3.05. The maximum absolute atomic E-state index is 12.4. The van der Waals surface area contributed by atoms with E-state index in [2.05, 4.69) is 0 Å². The number of hydrogen-bond donors (Lipinski definition) is 1. The highest BCUT2D eigenvalue weighted by molar-refractivity contribution is 6.10. The van der Waals surface area contributed by atoms with E-state index < -0.39 is 0 Å². The summed E-state index contributed by atoms with van der Waals surface area (Å²) < 4.78 is 0. The van der Waals surface area contributed by atoms with Gasteiger partial charge in [-0.15, -0.1) is 0 Å². The molecule has 0 amide bonds. The minimum absolute atomic E-state index is 0.00602. The average Bonchev–Trinajstić information content (AvgIpc) is 2.46. The minimum Gasteiger partial charge on any atom is -0.396 e. The van der Waals surface area contributed by atoms with Crippen LogP contribution in [0.15, 0.2) is 54.6 Å². The first-order valence-electron chi connectivity index (χ1n) is 6.03. The van der Waals surface area contributed by atoms with Gasteiger partial charge >= 0.3 is 0 Å². The smallest absolute Gasteiger partial charge is 0.193 e. The van der Waals surface area contributed by atoms with Crippen LogP contribution >= 0.6 is 0 Å². The number of rotatable bonds is 4. The van der Waals surface area contributed by atoms with E-state index in [4.69, 9.17) is 0 Å². The van der Waals surface area contributed by atoms with Crippen LogP contribution in [0.4, 0.5) is 0 Å². The summed E-state index contributed by atoms with van der Waals surface area (Å²) in [4.78, 5) is 12.4. The quantitative estimate of drug-likeness (QED) is 0.834. The summed E-state index contributed by atoms with van der Waals surface area (Å²) in [7, 11) is 0. The van der Waals surface area contributed by atoms with E-state index in [0.717, 1.165) is 5.56 Å². The van der Waals surface area contributed by atoms with Gasteiger partial charge in [0.15, 0.2) is 5.78 Å². The lowest BCUT2D eigenvalue weighted by molar-refractivity contribution is 0.103. The van der Waals surface area contributed by atoms with E-state index in [0.29, 0.717) is 11.1 Å². The molecule has 0 aliphatic heterocycles. The van der Waals surface area contributed by atoms with Gasteiger partial charge in [-0.1, -0.05) is 61.5 Å². The van der Waals surface area contributed by atoms with Crippen LogP contribution in [-0.4, -0.2) is 17.5 Å². The van der Waals surface area contributed by atoms with Crippen LogP contribution < -0.4 is 0 Å². The largest absolute Gasteiger partial charge is 0.396 e. The Hall–Kier alpha value is -1.93. The van der Waals surface area contributed by atoms with Crippen LogP contribution in [0, 0.1) is 0 Å². The van der Waals surface area contributed by atoms with Gasteiger partial charge in [-0.3, -0.25) is 4.79 Å². The summed E-state index contributed by atoms with van der Waals surface area (Å²) in [6, 6.07) is 16.7. The van der Waals surface area contributed by atoms with Gasteiger partial charge in [0.05, 0.1) is 0 Å². The summed E-state index contributed by atoms with van der Waals surface area (Å²) >= 11 is 0. The molecule has 2 heteroatoms. The van der Waals surface area contributed by atoms with E-state index in [1.807, 2.05) is 61.5 Å². The highest BCUT2D eigenvalue weighted by Gasteiger charge is 2.16. The number of aliphatic hydroxyl groups is 1. The van der Waals surface area contributed by atoms with Crippen molar-refractivity contribution in [2.45, 2.75) is 12.8 Å². The van der Waals surface area contributed by atoms with Crippen LogP contribution in [0.25, 0.3) is 0 Å². The van der Waals surface area contributed by atoms with Crippen molar-refractivity contribution in [1.82, 2.24) is 0 Å². The second kappa shape index (κ2) is 5.61. The van der Waals surface area contributed by atoms with Crippen molar-refractivity contribution in [3.63, 3.8) is 0 Å². The van der Waals surface area contributed by atoms with Crippen LogP contribution in [-0.2, 0) is 0 Å². The summed E-state index contributed by atoms with van der Waals surface area (Å²) in [5.74, 6) is -0.0274. The van der Waals surface area contributed by atoms with Crippen LogP contribution in [0.1, 0.15) is 34.3 Å². The number of aliphatic hydroxyl groups excluding tert-OH is 1. The molecular weight excluding hydrogens is 224 g/mol. The molecule has 0 bridgehead atoms. The van der Waals surface area contributed by atoms with Gasteiger partial charge in [0.2, 0.25) is 0 Å². The van der Waals surface area contributed by atoms with Gasteiger partial charge in [0.1, 0.15) is 0 Å². The van der Waals surface area contributed by atoms with Crippen molar-refractivity contribution < 1.29 is 9.90 Å². The van der Waals surface area contributed by atoms with Crippen molar-refractivity contribution in [3.8, 4) is 0 Å². The molecule has 0 saturated heterocycles. The summed E-state index contributed by atoms with van der Waals surface area (Å²) in [6.07, 6.45) is 0. The predicted octanol–water partition coefficient (Wildman–Crippen LogP) is 3.01. The SMILES string of the molecule is CC(CO)c1ccccc1C(=O)c1ccccc1. The van der Waals surface area contributed by atoms with E-state index in [9.17, 15) is 9.90 Å². The van der Waals surface area contributed by atoms with Gasteiger partial charge < -0.3 is 5.11 Å². The van der Waals surface area contributed by atoms with Crippen molar-refractivity contribution in [1.29, 1.82) is 0 Å². The van der Waals surface area contributed by atoms with Gasteiger partial charge in [-0.25, -0.2) is 0 Å². The molecule has 1 N–H and O–H groups in total. The molecule has 2 nitrogen and oxygen atoms in total. The van der Waals surface area contributed by atoms with Crippen LogP contribution in [0.5, 0.6) is 0 Å². The number of ketones is 1. The molecule has 92 valence electrons. The first-order chi connectivity index (χ1) is 8.74. The van der Waals surface area contributed by atoms with Gasteiger partial charge in [0.25, 0.3) is 0 Å². The molecule has 0 fully saturated rings. The fraction of sp³-hybridized carbons (Fsp3) is 0.188. The monoisotopic (exact) mass is 240 g/mol. The molecule has 0 aliphatic rings. The van der Waals surface area contributed by atoms with Gasteiger partial charge in [-0.2, -0.15) is 0 Å².